The Morgan fingerprint density at radius 2 is 1.95 bits per heavy atom. The molecule has 0 aliphatic carbocycles. The lowest BCUT2D eigenvalue weighted by Crippen LogP contribution is -2.52. The van der Waals surface area contributed by atoms with E-state index in [1.54, 1.807) is 19.5 Å². The maximum Gasteiger partial charge on any atom is 0.237 e. The van der Waals surface area contributed by atoms with E-state index in [2.05, 4.69) is 41.0 Å². The average Bonchev–Trinajstić information content (AvgIpc) is 3.03. The number of nitrogens with one attached hydrogen (secondary N) is 1. The molecule has 118 valence electrons. The highest BCUT2D eigenvalue weighted by Gasteiger charge is 2.39. The number of likely N-dealkylation sites (tertiary alicyclic amines) is 1. The number of methoxy groups -OCH3 is 1. The topological polar surface area (TPSA) is 50.3 Å². The van der Waals surface area contributed by atoms with Gasteiger partial charge in [-0.25, -0.2) is 4.98 Å². The van der Waals surface area contributed by atoms with E-state index in [0.717, 1.165) is 31.7 Å². The molecule has 1 N–H and O–H groups in total. The SMILES string of the molecule is CCCNC(c1nccnc1OC)C(C)(C)N1CCCC1. The van der Waals surface area contributed by atoms with E-state index in [1.165, 1.54) is 12.8 Å². The minimum Gasteiger partial charge on any atom is -0.480 e. The molecule has 0 radical (unpaired) electrons. The van der Waals surface area contributed by atoms with Gasteiger partial charge in [-0.2, -0.15) is 0 Å². The summed E-state index contributed by atoms with van der Waals surface area (Å²) in [6, 6.07) is 0.110. The third-order valence-electron chi connectivity index (χ3n) is 4.38. The van der Waals surface area contributed by atoms with Gasteiger partial charge in [0.15, 0.2) is 0 Å². The molecule has 1 aliphatic heterocycles. The molecule has 0 saturated carbocycles. The van der Waals surface area contributed by atoms with Crippen LogP contribution < -0.4 is 10.1 Å². The zero-order valence-electron chi connectivity index (χ0n) is 13.7. The predicted molar refractivity (Wildman–Crippen MR) is 84.5 cm³/mol. The molecular weight excluding hydrogens is 264 g/mol. The van der Waals surface area contributed by atoms with Crippen molar-refractivity contribution in [1.82, 2.24) is 20.2 Å². The number of nitrogens with zero attached hydrogens (tertiary/aromatic N) is 3. The van der Waals surface area contributed by atoms with E-state index < -0.39 is 0 Å². The number of hydrogen-bond acceptors (Lipinski definition) is 5. The summed E-state index contributed by atoms with van der Waals surface area (Å²) in [5.74, 6) is 0.623. The van der Waals surface area contributed by atoms with E-state index in [4.69, 9.17) is 4.74 Å². The Balaban J connectivity index is 2.32. The van der Waals surface area contributed by atoms with Gasteiger partial charge < -0.3 is 10.1 Å². The van der Waals surface area contributed by atoms with Crippen LogP contribution in [0, 0.1) is 0 Å². The first-order chi connectivity index (χ1) is 10.1. The maximum absolute atomic E-state index is 5.43. The van der Waals surface area contributed by atoms with Crippen LogP contribution in [0.3, 0.4) is 0 Å². The van der Waals surface area contributed by atoms with Crippen LogP contribution in [0.2, 0.25) is 0 Å². The second-order valence-corrected chi connectivity index (χ2v) is 6.19. The van der Waals surface area contributed by atoms with Gasteiger partial charge in [0, 0.05) is 17.9 Å². The molecule has 1 fully saturated rings. The van der Waals surface area contributed by atoms with Gasteiger partial charge in [-0.1, -0.05) is 6.92 Å². The third-order valence-corrected chi connectivity index (χ3v) is 4.38. The van der Waals surface area contributed by atoms with Gasteiger partial charge in [0.25, 0.3) is 0 Å². The minimum atomic E-state index is -0.0189. The van der Waals surface area contributed by atoms with Crippen LogP contribution in [0.15, 0.2) is 12.4 Å². The van der Waals surface area contributed by atoms with Crippen molar-refractivity contribution in [3.63, 3.8) is 0 Å². The second-order valence-electron chi connectivity index (χ2n) is 6.19. The molecule has 1 aromatic rings. The molecule has 0 amide bonds. The number of hydrogen-bond donors (Lipinski definition) is 1. The lowest BCUT2D eigenvalue weighted by atomic mass is 9.89. The molecule has 1 saturated heterocycles. The summed E-state index contributed by atoms with van der Waals surface area (Å²) < 4.78 is 5.43. The first-order valence-corrected chi connectivity index (χ1v) is 7.94. The number of ether oxygens (including phenoxy) is 1. The fourth-order valence-corrected chi connectivity index (χ4v) is 3.14. The number of rotatable bonds is 7. The molecule has 2 heterocycles. The van der Waals surface area contributed by atoms with Crippen LogP contribution >= 0.6 is 0 Å². The van der Waals surface area contributed by atoms with Crippen molar-refractivity contribution >= 4 is 0 Å². The predicted octanol–water partition coefficient (Wildman–Crippen LogP) is 2.40. The summed E-state index contributed by atoms with van der Waals surface area (Å²) in [5.41, 5.74) is 0.889. The van der Waals surface area contributed by atoms with Crippen LogP contribution in [-0.2, 0) is 0 Å². The van der Waals surface area contributed by atoms with Crippen molar-refractivity contribution in [2.24, 2.45) is 0 Å². The molecule has 1 aliphatic rings. The maximum atomic E-state index is 5.43. The zero-order valence-corrected chi connectivity index (χ0v) is 13.7. The lowest BCUT2D eigenvalue weighted by Gasteiger charge is -2.42. The average molecular weight is 292 g/mol. The van der Waals surface area contributed by atoms with Gasteiger partial charge in [0.05, 0.1) is 13.2 Å². The molecular formula is C16H28N4O. The van der Waals surface area contributed by atoms with E-state index in [0.29, 0.717) is 5.88 Å². The highest BCUT2D eigenvalue weighted by atomic mass is 16.5. The summed E-state index contributed by atoms with van der Waals surface area (Å²) in [6.45, 7) is 10.0. The van der Waals surface area contributed by atoms with Gasteiger partial charge in [0.2, 0.25) is 5.88 Å². The minimum absolute atomic E-state index is 0.0189. The third kappa shape index (κ3) is 3.52. The quantitative estimate of drug-likeness (QED) is 0.836. The van der Waals surface area contributed by atoms with E-state index >= 15 is 0 Å². The fourth-order valence-electron chi connectivity index (χ4n) is 3.14. The van der Waals surface area contributed by atoms with E-state index in [1.807, 2.05) is 0 Å². The summed E-state index contributed by atoms with van der Waals surface area (Å²) in [7, 11) is 1.66. The molecule has 1 unspecified atom stereocenters. The summed E-state index contributed by atoms with van der Waals surface area (Å²) >= 11 is 0. The highest BCUT2D eigenvalue weighted by Crippen LogP contribution is 2.35. The second kappa shape index (κ2) is 7.18. The Hall–Kier alpha value is -1.20. The van der Waals surface area contributed by atoms with Crippen molar-refractivity contribution in [3.05, 3.63) is 18.1 Å². The Bertz CT molecular complexity index is 444. The summed E-state index contributed by atoms with van der Waals surface area (Å²) in [6.07, 6.45) is 7.08. The standard InChI is InChI=1S/C16H28N4O/c1-5-8-18-14(13-15(21-4)19-10-9-17-13)16(2,3)20-11-6-7-12-20/h9-10,14,18H,5-8,11-12H2,1-4H3. The Morgan fingerprint density at radius 3 is 2.57 bits per heavy atom. The van der Waals surface area contributed by atoms with Gasteiger partial charge >= 0.3 is 0 Å². The van der Waals surface area contributed by atoms with Crippen LogP contribution in [-0.4, -0.2) is 47.2 Å². The molecule has 0 aromatic carbocycles. The molecule has 1 aromatic heterocycles. The fraction of sp³-hybridized carbons (Fsp3) is 0.750. The number of aromatic nitrogens is 2. The van der Waals surface area contributed by atoms with Crippen molar-refractivity contribution in [2.75, 3.05) is 26.7 Å². The van der Waals surface area contributed by atoms with Gasteiger partial charge in [-0.3, -0.25) is 9.88 Å². The Morgan fingerprint density at radius 1 is 1.29 bits per heavy atom. The zero-order chi connectivity index (χ0) is 15.3. The van der Waals surface area contributed by atoms with Crippen molar-refractivity contribution in [2.45, 2.75) is 51.6 Å². The molecule has 0 spiro atoms. The largest absolute Gasteiger partial charge is 0.480 e. The summed E-state index contributed by atoms with van der Waals surface area (Å²) in [5, 5.41) is 3.65. The van der Waals surface area contributed by atoms with E-state index in [9.17, 15) is 0 Å². The summed E-state index contributed by atoms with van der Waals surface area (Å²) in [4.78, 5) is 11.4. The molecule has 0 bridgehead atoms. The van der Waals surface area contributed by atoms with Gasteiger partial charge in [-0.05, 0) is 52.7 Å². The van der Waals surface area contributed by atoms with Crippen molar-refractivity contribution in [3.8, 4) is 5.88 Å². The van der Waals surface area contributed by atoms with Crippen LogP contribution in [0.4, 0.5) is 0 Å². The van der Waals surface area contributed by atoms with Gasteiger partial charge in [0.1, 0.15) is 5.69 Å². The normalized spacial score (nSPS) is 17.9. The first kappa shape index (κ1) is 16.2. The van der Waals surface area contributed by atoms with Crippen molar-refractivity contribution < 1.29 is 4.74 Å². The smallest absolute Gasteiger partial charge is 0.237 e. The van der Waals surface area contributed by atoms with Crippen molar-refractivity contribution in [1.29, 1.82) is 0 Å². The van der Waals surface area contributed by atoms with Crippen LogP contribution in [0.1, 0.15) is 51.8 Å². The first-order valence-electron chi connectivity index (χ1n) is 7.94. The van der Waals surface area contributed by atoms with Crippen LogP contribution in [0.25, 0.3) is 0 Å². The molecule has 5 nitrogen and oxygen atoms in total. The molecule has 2 rings (SSSR count). The Kier molecular flexibility index (Phi) is 5.53. The molecule has 21 heavy (non-hydrogen) atoms. The molecule has 1 atom stereocenters. The van der Waals surface area contributed by atoms with Crippen LogP contribution in [0.5, 0.6) is 5.88 Å². The monoisotopic (exact) mass is 292 g/mol. The Labute approximate surface area is 128 Å². The van der Waals surface area contributed by atoms with E-state index in [-0.39, 0.29) is 11.6 Å². The highest BCUT2D eigenvalue weighted by molar-refractivity contribution is 5.25. The lowest BCUT2D eigenvalue weighted by molar-refractivity contribution is 0.103. The van der Waals surface area contributed by atoms with Gasteiger partial charge in [-0.15, -0.1) is 0 Å². The molecule has 5 heteroatoms.